The molecule has 26 heavy (non-hydrogen) atoms. The van der Waals surface area contributed by atoms with Crippen LogP contribution in [0.3, 0.4) is 0 Å². The average molecular weight is 388 g/mol. The fourth-order valence-corrected chi connectivity index (χ4v) is 2.24. The van der Waals surface area contributed by atoms with E-state index in [1.165, 1.54) is 30.7 Å². The van der Waals surface area contributed by atoms with E-state index in [2.05, 4.69) is 25.6 Å². The Morgan fingerprint density at radius 1 is 0.846 bits per heavy atom. The second-order valence-electron chi connectivity index (χ2n) is 5.04. The molecule has 0 atom stereocenters. The van der Waals surface area contributed by atoms with E-state index in [9.17, 15) is 9.59 Å². The van der Waals surface area contributed by atoms with Gasteiger partial charge in [-0.3, -0.25) is 9.59 Å². The van der Waals surface area contributed by atoms with Gasteiger partial charge in [0.1, 0.15) is 11.0 Å². The molecular weight excluding hydrogens is 377 g/mol. The third-order valence-corrected chi connectivity index (χ3v) is 3.68. The summed E-state index contributed by atoms with van der Waals surface area (Å²) in [5.41, 5.74) is 0.586. The van der Waals surface area contributed by atoms with Crippen molar-refractivity contribution in [3.8, 4) is 0 Å². The van der Waals surface area contributed by atoms with Gasteiger partial charge in [-0.15, -0.1) is 0 Å². The molecule has 0 aromatic carbocycles. The molecule has 0 aliphatic rings. The number of carbonyl (C=O) groups is 2. The van der Waals surface area contributed by atoms with Gasteiger partial charge in [0.15, 0.2) is 5.69 Å². The van der Waals surface area contributed by atoms with Crippen molar-refractivity contribution < 1.29 is 9.59 Å². The Kier molecular flexibility index (Phi) is 5.40. The van der Waals surface area contributed by atoms with Crippen molar-refractivity contribution in [3.05, 3.63) is 76.4 Å². The lowest BCUT2D eigenvalue weighted by Crippen LogP contribution is -2.20. The Labute approximate surface area is 158 Å². The number of aromatic nitrogens is 3. The minimum Gasteiger partial charge on any atom is -0.320 e. The van der Waals surface area contributed by atoms with Gasteiger partial charge in [-0.2, -0.15) is 0 Å². The van der Waals surface area contributed by atoms with Crippen LogP contribution in [0.15, 0.2) is 55.0 Å². The van der Waals surface area contributed by atoms with E-state index >= 15 is 0 Å². The molecule has 130 valence electrons. The monoisotopic (exact) mass is 387 g/mol. The molecule has 0 aliphatic heterocycles. The highest BCUT2D eigenvalue weighted by molar-refractivity contribution is 6.30. The summed E-state index contributed by atoms with van der Waals surface area (Å²) in [6.07, 6.45) is 4.20. The maximum atomic E-state index is 12.5. The molecule has 2 amide bonds. The zero-order chi connectivity index (χ0) is 18.5. The Morgan fingerprint density at radius 3 is 2.38 bits per heavy atom. The number of hydrogen-bond donors (Lipinski definition) is 2. The molecule has 2 N–H and O–H groups in total. The molecule has 0 bridgehead atoms. The minimum absolute atomic E-state index is 0.0412. The number of amides is 2. The Balaban J connectivity index is 1.79. The number of rotatable bonds is 4. The maximum Gasteiger partial charge on any atom is 0.277 e. The number of carbonyl (C=O) groups excluding carboxylic acids is 2. The van der Waals surface area contributed by atoms with Crippen molar-refractivity contribution in [2.45, 2.75) is 0 Å². The van der Waals surface area contributed by atoms with Gasteiger partial charge in [-0.1, -0.05) is 23.2 Å². The third-order valence-electron chi connectivity index (χ3n) is 3.23. The highest BCUT2D eigenvalue weighted by Gasteiger charge is 2.16. The first-order valence-electron chi connectivity index (χ1n) is 7.34. The summed E-state index contributed by atoms with van der Waals surface area (Å²) in [6, 6.07) is 9.35. The highest BCUT2D eigenvalue weighted by Crippen LogP contribution is 2.17. The standard InChI is InChI=1S/C17H11Cl2N5O2/c18-11-4-6-14(22-9-11)24-17(26)15-12(2-1-7-20-15)23-16(25)10-3-5-13(19)21-8-10/h1-9H,(H,23,25)(H,22,24,26). The summed E-state index contributed by atoms with van der Waals surface area (Å²) < 4.78 is 0. The molecule has 3 aromatic rings. The van der Waals surface area contributed by atoms with E-state index < -0.39 is 11.8 Å². The summed E-state index contributed by atoms with van der Waals surface area (Å²) in [5, 5.41) is 5.95. The summed E-state index contributed by atoms with van der Waals surface area (Å²) in [6.45, 7) is 0. The molecular formula is C17H11Cl2N5O2. The molecule has 0 aliphatic carbocycles. The summed E-state index contributed by atoms with van der Waals surface area (Å²) >= 11 is 11.5. The van der Waals surface area contributed by atoms with Crippen molar-refractivity contribution in [2.75, 3.05) is 10.6 Å². The Morgan fingerprint density at radius 2 is 1.69 bits per heavy atom. The summed E-state index contributed by atoms with van der Waals surface area (Å²) in [7, 11) is 0. The van der Waals surface area contributed by atoms with E-state index in [0.29, 0.717) is 16.4 Å². The van der Waals surface area contributed by atoms with Gasteiger partial charge in [-0.25, -0.2) is 15.0 Å². The molecule has 9 heteroatoms. The van der Waals surface area contributed by atoms with E-state index in [-0.39, 0.29) is 16.5 Å². The van der Waals surface area contributed by atoms with E-state index in [1.807, 2.05) is 0 Å². The van der Waals surface area contributed by atoms with Gasteiger partial charge in [-0.05, 0) is 36.4 Å². The van der Waals surface area contributed by atoms with Gasteiger partial charge in [0.05, 0.1) is 16.3 Å². The number of pyridine rings is 3. The number of anilines is 2. The Bertz CT molecular complexity index is 946. The van der Waals surface area contributed by atoms with Crippen molar-refractivity contribution in [1.82, 2.24) is 15.0 Å². The van der Waals surface area contributed by atoms with Crippen LogP contribution in [-0.4, -0.2) is 26.8 Å². The maximum absolute atomic E-state index is 12.5. The molecule has 3 aromatic heterocycles. The minimum atomic E-state index is -0.523. The quantitative estimate of drug-likeness (QED) is 0.665. The topological polar surface area (TPSA) is 96.9 Å². The predicted octanol–water partition coefficient (Wildman–Crippen LogP) is 3.68. The largest absolute Gasteiger partial charge is 0.320 e. The van der Waals surface area contributed by atoms with Crippen LogP contribution < -0.4 is 10.6 Å². The van der Waals surface area contributed by atoms with Gasteiger partial charge < -0.3 is 10.6 Å². The van der Waals surface area contributed by atoms with Crippen molar-refractivity contribution in [1.29, 1.82) is 0 Å². The van der Waals surface area contributed by atoms with Crippen LogP contribution in [0, 0.1) is 0 Å². The predicted molar refractivity (Wildman–Crippen MR) is 98.6 cm³/mol. The zero-order valence-electron chi connectivity index (χ0n) is 13.1. The van der Waals surface area contributed by atoms with Gasteiger partial charge in [0, 0.05) is 18.6 Å². The molecule has 0 fully saturated rings. The SMILES string of the molecule is O=C(Nc1cccnc1C(=O)Nc1ccc(Cl)cn1)c1ccc(Cl)nc1. The lowest BCUT2D eigenvalue weighted by atomic mass is 10.2. The second kappa shape index (κ2) is 7.90. The van der Waals surface area contributed by atoms with Crippen molar-refractivity contribution in [3.63, 3.8) is 0 Å². The lowest BCUT2D eigenvalue weighted by Gasteiger charge is -2.10. The third kappa shape index (κ3) is 4.33. The molecule has 3 rings (SSSR count). The number of hydrogen-bond acceptors (Lipinski definition) is 5. The molecule has 0 saturated carbocycles. The molecule has 0 spiro atoms. The molecule has 0 unspecified atom stereocenters. The molecule has 7 nitrogen and oxygen atoms in total. The van der Waals surface area contributed by atoms with Crippen LogP contribution in [0.5, 0.6) is 0 Å². The fraction of sp³-hybridized carbons (Fsp3) is 0. The fourth-order valence-electron chi connectivity index (χ4n) is 2.02. The molecule has 0 radical (unpaired) electrons. The van der Waals surface area contributed by atoms with Crippen LogP contribution in [0.2, 0.25) is 10.2 Å². The van der Waals surface area contributed by atoms with Gasteiger partial charge in [0.25, 0.3) is 11.8 Å². The summed E-state index contributed by atoms with van der Waals surface area (Å²) in [5.74, 6) is -0.657. The van der Waals surface area contributed by atoms with Crippen molar-refractivity contribution >= 4 is 46.5 Å². The van der Waals surface area contributed by atoms with Crippen LogP contribution in [-0.2, 0) is 0 Å². The summed E-state index contributed by atoms with van der Waals surface area (Å²) in [4.78, 5) is 36.6. The molecule has 3 heterocycles. The first kappa shape index (κ1) is 17.8. The molecule has 0 saturated heterocycles. The number of nitrogens with one attached hydrogen (secondary N) is 2. The van der Waals surface area contributed by atoms with E-state index in [1.54, 1.807) is 24.3 Å². The van der Waals surface area contributed by atoms with Crippen molar-refractivity contribution in [2.24, 2.45) is 0 Å². The number of nitrogens with zero attached hydrogens (tertiary/aromatic N) is 3. The van der Waals surface area contributed by atoms with Gasteiger partial charge >= 0.3 is 0 Å². The average Bonchev–Trinajstić information content (AvgIpc) is 2.64. The van der Waals surface area contributed by atoms with E-state index in [0.717, 1.165) is 0 Å². The van der Waals surface area contributed by atoms with Gasteiger partial charge in [0.2, 0.25) is 0 Å². The zero-order valence-corrected chi connectivity index (χ0v) is 14.6. The lowest BCUT2D eigenvalue weighted by molar-refractivity contribution is 0.102. The normalized spacial score (nSPS) is 10.2. The second-order valence-corrected chi connectivity index (χ2v) is 5.86. The van der Waals surface area contributed by atoms with Crippen LogP contribution in [0.25, 0.3) is 0 Å². The Hall–Kier alpha value is -3.03. The first-order valence-corrected chi connectivity index (χ1v) is 8.09. The first-order chi connectivity index (χ1) is 12.5. The highest BCUT2D eigenvalue weighted by atomic mass is 35.5. The smallest absolute Gasteiger partial charge is 0.277 e. The van der Waals surface area contributed by atoms with Crippen LogP contribution in [0.1, 0.15) is 20.8 Å². The van der Waals surface area contributed by atoms with Crippen LogP contribution in [0.4, 0.5) is 11.5 Å². The van der Waals surface area contributed by atoms with Crippen LogP contribution >= 0.6 is 23.2 Å². The number of halogens is 2. The van der Waals surface area contributed by atoms with E-state index in [4.69, 9.17) is 23.2 Å².